The van der Waals surface area contributed by atoms with Gasteiger partial charge in [-0.1, -0.05) is 20.8 Å². The quantitative estimate of drug-likeness (QED) is 0.733. The molecule has 0 amide bonds. The molecule has 76 valence electrons. The van der Waals surface area contributed by atoms with Crippen LogP contribution in [0.1, 0.15) is 32.0 Å². The Hall–Kier alpha value is -1.31. The summed E-state index contributed by atoms with van der Waals surface area (Å²) in [4.78, 5) is 7.66. The van der Waals surface area contributed by atoms with Gasteiger partial charge in [0.25, 0.3) is 0 Å². The van der Waals surface area contributed by atoms with E-state index in [1.54, 1.807) is 0 Å². The lowest BCUT2D eigenvalue weighted by molar-refractivity contribution is 1.10. The molecule has 0 fully saturated rings. The van der Waals surface area contributed by atoms with Crippen LogP contribution in [-0.2, 0) is 6.42 Å². The van der Waals surface area contributed by atoms with E-state index in [1.807, 2.05) is 26.1 Å². The Morgan fingerprint density at radius 2 is 2.07 bits per heavy atom. The summed E-state index contributed by atoms with van der Waals surface area (Å²) in [5.74, 6) is 0. The van der Waals surface area contributed by atoms with Crippen molar-refractivity contribution in [2.45, 2.75) is 34.1 Å². The van der Waals surface area contributed by atoms with Crippen LogP contribution in [0.25, 0.3) is 11.0 Å². The topological polar surface area (TPSA) is 28.7 Å². The predicted octanol–water partition coefficient (Wildman–Crippen LogP) is 3.46. The minimum Gasteiger partial charge on any atom is -0.357 e. The molecule has 1 N–H and O–H groups in total. The number of fused-ring (bicyclic) bond motifs is 1. The highest BCUT2D eigenvalue weighted by molar-refractivity contribution is 5.80. The van der Waals surface area contributed by atoms with Crippen LogP contribution in [0.15, 0.2) is 18.3 Å². The fourth-order valence-corrected chi connectivity index (χ4v) is 1.63. The molecule has 0 aliphatic carbocycles. The summed E-state index contributed by atoms with van der Waals surface area (Å²) in [5.41, 5.74) is 4.85. The maximum Gasteiger partial charge on any atom is 0.0913 e. The molecule has 0 spiro atoms. The summed E-state index contributed by atoms with van der Waals surface area (Å²) >= 11 is 0. The first-order valence-electron chi connectivity index (χ1n) is 5.25. The number of rotatable bonds is 1. The maximum atomic E-state index is 4.34. The van der Waals surface area contributed by atoms with Crippen LogP contribution in [0.4, 0.5) is 0 Å². The first kappa shape index (κ1) is 10.8. The van der Waals surface area contributed by atoms with Gasteiger partial charge >= 0.3 is 0 Å². The second kappa shape index (κ2) is 4.80. The molecule has 2 nitrogen and oxygen atoms in total. The van der Waals surface area contributed by atoms with E-state index in [2.05, 4.69) is 29.9 Å². The van der Waals surface area contributed by atoms with Crippen molar-refractivity contribution in [2.75, 3.05) is 0 Å². The minimum atomic E-state index is 1.04. The second-order valence-corrected chi connectivity index (χ2v) is 2.98. The van der Waals surface area contributed by atoms with Gasteiger partial charge in [-0.3, -0.25) is 4.98 Å². The summed E-state index contributed by atoms with van der Waals surface area (Å²) in [6.45, 7) is 8.25. The molecule has 0 atom stereocenters. The van der Waals surface area contributed by atoms with Crippen LogP contribution >= 0.6 is 0 Å². The molecular formula is C12H18N2. The first-order valence-corrected chi connectivity index (χ1v) is 5.25. The first-order chi connectivity index (χ1) is 6.83. The molecule has 0 radical (unpaired) electrons. The number of nitrogens with one attached hydrogen (secondary N) is 1. The van der Waals surface area contributed by atoms with Gasteiger partial charge in [-0.25, -0.2) is 0 Å². The van der Waals surface area contributed by atoms with Crippen LogP contribution in [0.3, 0.4) is 0 Å². The lowest BCUT2D eigenvalue weighted by atomic mass is 10.2. The van der Waals surface area contributed by atoms with Crippen molar-refractivity contribution < 1.29 is 0 Å². The van der Waals surface area contributed by atoms with Crippen LogP contribution in [0, 0.1) is 6.92 Å². The SMILES string of the molecule is CC.CCc1c(C)[nH]c2cccnc12. The number of aromatic nitrogens is 2. The van der Waals surface area contributed by atoms with Gasteiger partial charge in [0.1, 0.15) is 0 Å². The Labute approximate surface area is 85.4 Å². The lowest BCUT2D eigenvalue weighted by Crippen LogP contribution is -1.81. The van der Waals surface area contributed by atoms with Gasteiger partial charge in [-0.2, -0.15) is 0 Å². The van der Waals surface area contributed by atoms with Gasteiger partial charge in [0.2, 0.25) is 0 Å². The molecule has 0 aliphatic rings. The predicted molar refractivity (Wildman–Crippen MR) is 61.6 cm³/mol. The molecule has 2 heteroatoms. The Balaban J connectivity index is 0.000000461. The zero-order valence-electron chi connectivity index (χ0n) is 9.39. The maximum absolute atomic E-state index is 4.34. The molecule has 0 aliphatic heterocycles. The Morgan fingerprint density at radius 1 is 1.36 bits per heavy atom. The molecule has 0 bridgehead atoms. The number of H-pyrrole nitrogens is 1. The normalized spacial score (nSPS) is 9.71. The molecule has 2 aromatic rings. The Bertz CT molecular complexity index is 402. The number of pyridine rings is 1. The highest BCUT2D eigenvalue weighted by Crippen LogP contribution is 2.19. The van der Waals surface area contributed by atoms with Gasteiger partial charge in [-0.15, -0.1) is 0 Å². The van der Waals surface area contributed by atoms with Crippen LogP contribution in [0.5, 0.6) is 0 Å². The zero-order valence-corrected chi connectivity index (χ0v) is 9.39. The molecular weight excluding hydrogens is 172 g/mol. The fraction of sp³-hybridized carbons (Fsp3) is 0.417. The molecule has 2 heterocycles. The fourth-order valence-electron chi connectivity index (χ4n) is 1.63. The van der Waals surface area contributed by atoms with Crippen molar-refractivity contribution in [1.82, 2.24) is 9.97 Å². The standard InChI is InChI=1S/C10H12N2.C2H6/c1-3-8-7(2)12-9-5-4-6-11-10(8)9;1-2/h4-6,12H,3H2,1-2H3;1-2H3. The summed E-state index contributed by atoms with van der Waals surface area (Å²) in [5, 5.41) is 0. The number of hydrogen-bond acceptors (Lipinski definition) is 1. The van der Waals surface area contributed by atoms with Crippen molar-refractivity contribution in [3.63, 3.8) is 0 Å². The lowest BCUT2D eigenvalue weighted by Gasteiger charge is -1.92. The average Bonchev–Trinajstić information content (AvgIpc) is 2.56. The molecule has 0 saturated carbocycles. The smallest absolute Gasteiger partial charge is 0.0913 e. The molecule has 0 aromatic carbocycles. The molecule has 0 saturated heterocycles. The van der Waals surface area contributed by atoms with Gasteiger partial charge in [0.05, 0.1) is 11.0 Å². The van der Waals surface area contributed by atoms with Crippen LogP contribution in [-0.4, -0.2) is 9.97 Å². The van der Waals surface area contributed by atoms with Crippen molar-refractivity contribution in [2.24, 2.45) is 0 Å². The van der Waals surface area contributed by atoms with E-state index in [0.717, 1.165) is 17.5 Å². The average molecular weight is 190 g/mol. The van der Waals surface area contributed by atoms with E-state index in [1.165, 1.54) is 11.3 Å². The summed E-state index contributed by atoms with van der Waals surface area (Å²) < 4.78 is 0. The Morgan fingerprint density at radius 3 is 2.71 bits per heavy atom. The van der Waals surface area contributed by atoms with Gasteiger partial charge in [-0.05, 0) is 31.0 Å². The van der Waals surface area contributed by atoms with E-state index in [0.29, 0.717) is 0 Å². The van der Waals surface area contributed by atoms with Crippen LogP contribution < -0.4 is 0 Å². The van der Waals surface area contributed by atoms with E-state index in [9.17, 15) is 0 Å². The third kappa shape index (κ3) is 1.79. The number of aromatic amines is 1. The number of nitrogens with zero attached hydrogens (tertiary/aromatic N) is 1. The van der Waals surface area contributed by atoms with E-state index >= 15 is 0 Å². The molecule has 2 rings (SSSR count). The van der Waals surface area contributed by atoms with Gasteiger partial charge in [0.15, 0.2) is 0 Å². The van der Waals surface area contributed by atoms with Crippen molar-refractivity contribution >= 4 is 11.0 Å². The zero-order chi connectivity index (χ0) is 10.6. The Kier molecular flexibility index (Phi) is 3.69. The van der Waals surface area contributed by atoms with E-state index < -0.39 is 0 Å². The molecule has 0 unspecified atom stereocenters. The highest BCUT2D eigenvalue weighted by Gasteiger charge is 2.05. The van der Waals surface area contributed by atoms with Crippen molar-refractivity contribution in [3.05, 3.63) is 29.6 Å². The van der Waals surface area contributed by atoms with E-state index in [4.69, 9.17) is 0 Å². The largest absolute Gasteiger partial charge is 0.357 e. The summed E-state index contributed by atoms with van der Waals surface area (Å²) in [6.07, 6.45) is 2.89. The second-order valence-electron chi connectivity index (χ2n) is 2.98. The van der Waals surface area contributed by atoms with Gasteiger partial charge < -0.3 is 4.98 Å². The van der Waals surface area contributed by atoms with Crippen molar-refractivity contribution in [3.8, 4) is 0 Å². The molecule has 2 aromatic heterocycles. The number of hydrogen-bond donors (Lipinski definition) is 1. The monoisotopic (exact) mass is 190 g/mol. The summed E-state index contributed by atoms with van der Waals surface area (Å²) in [6, 6.07) is 4.02. The number of aryl methyl sites for hydroxylation is 2. The highest BCUT2D eigenvalue weighted by atomic mass is 14.8. The van der Waals surface area contributed by atoms with Gasteiger partial charge in [0, 0.05) is 11.9 Å². The van der Waals surface area contributed by atoms with Crippen LogP contribution in [0.2, 0.25) is 0 Å². The minimum absolute atomic E-state index is 1.04. The van der Waals surface area contributed by atoms with E-state index in [-0.39, 0.29) is 0 Å². The summed E-state index contributed by atoms with van der Waals surface area (Å²) in [7, 11) is 0. The molecule has 14 heavy (non-hydrogen) atoms. The third-order valence-corrected chi connectivity index (χ3v) is 2.22. The van der Waals surface area contributed by atoms with Crippen molar-refractivity contribution in [1.29, 1.82) is 0 Å². The third-order valence-electron chi connectivity index (χ3n) is 2.22.